The molecular formula is C9H16O. The van der Waals surface area contributed by atoms with Gasteiger partial charge in [0.05, 0.1) is 6.10 Å². The molecule has 0 fully saturated rings. The van der Waals surface area contributed by atoms with E-state index in [1.807, 2.05) is 0 Å². The molecule has 1 unspecified atom stereocenters. The van der Waals surface area contributed by atoms with Crippen molar-refractivity contribution >= 4 is 0 Å². The summed E-state index contributed by atoms with van der Waals surface area (Å²) in [7, 11) is 1.74. The third-order valence-electron chi connectivity index (χ3n) is 1.58. The molecule has 58 valence electrons. The lowest BCUT2D eigenvalue weighted by Gasteiger charge is -2.06. The second-order valence-corrected chi connectivity index (χ2v) is 2.50. The van der Waals surface area contributed by atoms with E-state index in [9.17, 15) is 0 Å². The van der Waals surface area contributed by atoms with E-state index in [-0.39, 0.29) is 0 Å². The van der Waals surface area contributed by atoms with Crippen LogP contribution >= 0.6 is 0 Å². The third-order valence-corrected chi connectivity index (χ3v) is 1.58. The van der Waals surface area contributed by atoms with Gasteiger partial charge in [-0.1, -0.05) is 0 Å². The molecule has 0 N–H and O–H groups in total. The third kappa shape index (κ3) is 5.65. The normalized spacial score (nSPS) is 12.5. The van der Waals surface area contributed by atoms with E-state index >= 15 is 0 Å². The molecule has 0 spiro atoms. The van der Waals surface area contributed by atoms with Gasteiger partial charge >= 0.3 is 0 Å². The van der Waals surface area contributed by atoms with Crippen molar-refractivity contribution in [1.82, 2.24) is 0 Å². The molecule has 0 amide bonds. The number of methoxy groups -OCH3 is 1. The first kappa shape index (κ1) is 9.52. The standard InChI is InChI=1S/C9H16O/c1-4-5-6-7-8-9(2)10-3/h1,9H,5-8H2,2-3H3. The predicted octanol–water partition coefficient (Wildman–Crippen LogP) is 2.21. The van der Waals surface area contributed by atoms with E-state index in [4.69, 9.17) is 11.2 Å². The van der Waals surface area contributed by atoms with Crippen molar-refractivity contribution in [1.29, 1.82) is 0 Å². The van der Waals surface area contributed by atoms with Gasteiger partial charge in [0, 0.05) is 13.5 Å². The Morgan fingerprint density at radius 1 is 1.50 bits per heavy atom. The molecule has 0 aliphatic rings. The lowest BCUT2D eigenvalue weighted by Crippen LogP contribution is -2.03. The minimum atomic E-state index is 0.387. The summed E-state index contributed by atoms with van der Waals surface area (Å²) in [5, 5.41) is 0. The van der Waals surface area contributed by atoms with Crippen LogP contribution in [0.5, 0.6) is 0 Å². The number of rotatable bonds is 5. The van der Waals surface area contributed by atoms with Gasteiger partial charge in [-0.05, 0) is 26.2 Å². The fourth-order valence-corrected chi connectivity index (χ4v) is 0.777. The first-order valence-electron chi connectivity index (χ1n) is 3.77. The van der Waals surface area contributed by atoms with Gasteiger partial charge in [0.25, 0.3) is 0 Å². The van der Waals surface area contributed by atoms with E-state index in [0.717, 1.165) is 19.3 Å². The highest BCUT2D eigenvalue weighted by Gasteiger charge is 1.96. The summed E-state index contributed by atoms with van der Waals surface area (Å²) < 4.78 is 5.08. The van der Waals surface area contributed by atoms with Crippen LogP contribution in [0.15, 0.2) is 0 Å². The summed E-state index contributed by atoms with van der Waals surface area (Å²) in [5.74, 6) is 2.62. The average molecular weight is 140 g/mol. The Morgan fingerprint density at radius 3 is 2.70 bits per heavy atom. The molecule has 0 saturated carbocycles. The maximum absolute atomic E-state index is 5.10. The lowest BCUT2D eigenvalue weighted by atomic mass is 10.1. The highest BCUT2D eigenvalue weighted by Crippen LogP contribution is 2.04. The maximum Gasteiger partial charge on any atom is 0.0543 e. The monoisotopic (exact) mass is 140 g/mol. The summed E-state index contributed by atoms with van der Waals surface area (Å²) in [4.78, 5) is 0. The first-order chi connectivity index (χ1) is 4.81. The highest BCUT2D eigenvalue weighted by molar-refractivity contribution is 4.82. The molecule has 0 aliphatic carbocycles. The second kappa shape index (κ2) is 6.64. The van der Waals surface area contributed by atoms with E-state index in [2.05, 4.69) is 12.8 Å². The largest absolute Gasteiger partial charge is 0.382 e. The van der Waals surface area contributed by atoms with Gasteiger partial charge in [-0.25, -0.2) is 0 Å². The van der Waals surface area contributed by atoms with Crippen LogP contribution in [0.25, 0.3) is 0 Å². The van der Waals surface area contributed by atoms with Gasteiger partial charge in [-0.3, -0.25) is 0 Å². The Hall–Kier alpha value is -0.480. The van der Waals surface area contributed by atoms with E-state index < -0.39 is 0 Å². The molecule has 0 aromatic heterocycles. The van der Waals surface area contributed by atoms with Gasteiger partial charge < -0.3 is 4.74 Å². The average Bonchev–Trinajstić information content (AvgIpc) is 1.98. The molecular weight excluding hydrogens is 124 g/mol. The number of unbranched alkanes of at least 4 members (excludes halogenated alkanes) is 2. The van der Waals surface area contributed by atoms with Crippen LogP contribution in [-0.4, -0.2) is 13.2 Å². The molecule has 10 heavy (non-hydrogen) atoms. The Bertz CT molecular complexity index is 102. The highest BCUT2D eigenvalue weighted by atomic mass is 16.5. The fourth-order valence-electron chi connectivity index (χ4n) is 0.777. The Morgan fingerprint density at radius 2 is 2.20 bits per heavy atom. The van der Waals surface area contributed by atoms with Crippen LogP contribution in [0, 0.1) is 12.3 Å². The van der Waals surface area contributed by atoms with Gasteiger partial charge in [0.2, 0.25) is 0 Å². The summed E-state index contributed by atoms with van der Waals surface area (Å²) in [6, 6.07) is 0. The second-order valence-electron chi connectivity index (χ2n) is 2.50. The molecule has 0 saturated heterocycles. The van der Waals surface area contributed by atoms with Gasteiger partial charge in [0.1, 0.15) is 0 Å². The smallest absolute Gasteiger partial charge is 0.0543 e. The van der Waals surface area contributed by atoms with Crippen LogP contribution in [0.3, 0.4) is 0 Å². The van der Waals surface area contributed by atoms with Crippen LogP contribution in [0.1, 0.15) is 32.6 Å². The Balaban J connectivity index is 2.98. The molecule has 0 aliphatic heterocycles. The zero-order chi connectivity index (χ0) is 7.82. The van der Waals surface area contributed by atoms with Crippen LogP contribution < -0.4 is 0 Å². The fraction of sp³-hybridized carbons (Fsp3) is 0.778. The molecule has 1 heteroatoms. The summed E-state index contributed by atoms with van der Waals surface area (Å²) in [6.45, 7) is 2.08. The van der Waals surface area contributed by atoms with Gasteiger partial charge in [-0.2, -0.15) is 0 Å². The maximum atomic E-state index is 5.10. The topological polar surface area (TPSA) is 9.23 Å². The van der Waals surface area contributed by atoms with Crippen molar-refractivity contribution in [3.63, 3.8) is 0 Å². The first-order valence-corrected chi connectivity index (χ1v) is 3.77. The zero-order valence-electron chi connectivity index (χ0n) is 6.89. The van der Waals surface area contributed by atoms with Crippen molar-refractivity contribution < 1.29 is 4.74 Å². The zero-order valence-corrected chi connectivity index (χ0v) is 6.89. The van der Waals surface area contributed by atoms with Crippen molar-refractivity contribution in [2.24, 2.45) is 0 Å². The van der Waals surface area contributed by atoms with Crippen molar-refractivity contribution in [3.8, 4) is 12.3 Å². The van der Waals surface area contributed by atoms with Gasteiger partial charge in [0.15, 0.2) is 0 Å². The molecule has 0 aromatic rings. The molecule has 0 heterocycles. The summed E-state index contributed by atoms with van der Waals surface area (Å²) in [5.41, 5.74) is 0. The van der Waals surface area contributed by atoms with Crippen molar-refractivity contribution in [2.75, 3.05) is 7.11 Å². The molecule has 0 radical (unpaired) electrons. The summed E-state index contributed by atoms with van der Waals surface area (Å²) in [6.07, 6.45) is 9.81. The van der Waals surface area contributed by atoms with Crippen LogP contribution in [-0.2, 0) is 4.74 Å². The SMILES string of the molecule is C#CCCCCC(C)OC. The Labute approximate surface area is 63.8 Å². The van der Waals surface area contributed by atoms with Crippen LogP contribution in [0.2, 0.25) is 0 Å². The number of terminal acetylenes is 1. The summed E-state index contributed by atoms with van der Waals surface area (Å²) >= 11 is 0. The predicted molar refractivity (Wildman–Crippen MR) is 43.8 cm³/mol. The van der Waals surface area contributed by atoms with Crippen molar-refractivity contribution in [2.45, 2.75) is 38.7 Å². The van der Waals surface area contributed by atoms with E-state index in [1.165, 1.54) is 6.42 Å². The molecule has 1 nitrogen and oxygen atoms in total. The van der Waals surface area contributed by atoms with E-state index in [1.54, 1.807) is 7.11 Å². The number of hydrogen-bond donors (Lipinski definition) is 0. The lowest BCUT2D eigenvalue weighted by molar-refractivity contribution is 0.108. The Kier molecular flexibility index (Phi) is 6.32. The molecule has 1 atom stereocenters. The van der Waals surface area contributed by atoms with Gasteiger partial charge in [-0.15, -0.1) is 12.3 Å². The quantitative estimate of drug-likeness (QED) is 0.420. The van der Waals surface area contributed by atoms with Crippen LogP contribution in [0.4, 0.5) is 0 Å². The number of ether oxygens (including phenoxy) is 1. The molecule has 0 bridgehead atoms. The number of hydrogen-bond acceptors (Lipinski definition) is 1. The minimum Gasteiger partial charge on any atom is -0.382 e. The molecule has 0 rings (SSSR count). The van der Waals surface area contributed by atoms with Crippen molar-refractivity contribution in [3.05, 3.63) is 0 Å². The minimum absolute atomic E-state index is 0.387. The van der Waals surface area contributed by atoms with E-state index in [0.29, 0.717) is 6.10 Å². The molecule has 0 aromatic carbocycles.